The van der Waals surface area contributed by atoms with Crippen molar-refractivity contribution < 1.29 is 17.7 Å². The Bertz CT molecular complexity index is 911. The van der Waals surface area contributed by atoms with E-state index >= 15 is 0 Å². The molecule has 0 spiro atoms. The van der Waals surface area contributed by atoms with Crippen LogP contribution in [0.3, 0.4) is 0 Å². The van der Waals surface area contributed by atoms with Gasteiger partial charge in [0.15, 0.2) is 17.3 Å². The Balaban J connectivity index is 2.03. The molecular formula is C17H17F3N6O. The van der Waals surface area contributed by atoms with Gasteiger partial charge in [-0.3, -0.25) is 4.98 Å². The van der Waals surface area contributed by atoms with E-state index in [0.29, 0.717) is 11.4 Å². The van der Waals surface area contributed by atoms with Crippen LogP contribution < -0.4 is 5.32 Å². The van der Waals surface area contributed by atoms with E-state index in [1.807, 2.05) is 13.8 Å². The third-order valence-corrected chi connectivity index (χ3v) is 3.72. The summed E-state index contributed by atoms with van der Waals surface area (Å²) in [6.07, 6.45) is -1.70. The minimum atomic E-state index is -4.62. The zero-order valence-electron chi connectivity index (χ0n) is 14.8. The molecular weight excluding hydrogens is 361 g/mol. The predicted molar refractivity (Wildman–Crippen MR) is 90.5 cm³/mol. The summed E-state index contributed by atoms with van der Waals surface area (Å²) in [5.41, 5.74) is -0.676. The van der Waals surface area contributed by atoms with Gasteiger partial charge in [-0.1, -0.05) is 19.0 Å². The maximum atomic E-state index is 13.3. The van der Waals surface area contributed by atoms with E-state index < -0.39 is 17.9 Å². The molecule has 27 heavy (non-hydrogen) atoms. The van der Waals surface area contributed by atoms with Crippen molar-refractivity contribution in [3.63, 3.8) is 0 Å². The smallest absolute Gasteiger partial charge is 0.358 e. The van der Waals surface area contributed by atoms with Crippen molar-refractivity contribution in [3.8, 4) is 11.4 Å². The minimum Gasteiger partial charge on any atom is -0.358 e. The molecule has 0 radical (unpaired) electrons. The Morgan fingerprint density at radius 3 is 2.48 bits per heavy atom. The zero-order chi connectivity index (χ0) is 19.6. The fourth-order valence-corrected chi connectivity index (χ4v) is 2.40. The fourth-order valence-electron chi connectivity index (χ4n) is 2.40. The molecule has 1 N–H and O–H groups in total. The molecule has 3 rings (SSSR count). The van der Waals surface area contributed by atoms with Gasteiger partial charge in [-0.2, -0.15) is 18.2 Å². The Morgan fingerprint density at radius 1 is 1.15 bits per heavy atom. The first kappa shape index (κ1) is 18.7. The molecule has 0 aromatic carbocycles. The second kappa shape index (κ2) is 7.29. The van der Waals surface area contributed by atoms with Crippen LogP contribution >= 0.6 is 0 Å². The summed E-state index contributed by atoms with van der Waals surface area (Å²) in [5.74, 6) is 0.594. The molecule has 0 aliphatic rings. The maximum absolute atomic E-state index is 13.3. The number of anilines is 1. The Labute approximate surface area is 153 Å². The van der Waals surface area contributed by atoms with Gasteiger partial charge in [-0.05, 0) is 25.0 Å². The molecule has 3 heterocycles. The molecule has 0 saturated carbocycles. The SMILES string of the molecule is Cc1noc(C(Nc2cc(C(F)(F)F)nc(-c3cccnc3)n2)C(C)C)n1. The van der Waals surface area contributed by atoms with E-state index in [0.717, 1.165) is 6.07 Å². The van der Waals surface area contributed by atoms with Crippen LogP contribution in [-0.4, -0.2) is 25.1 Å². The third kappa shape index (κ3) is 4.39. The number of nitrogens with one attached hydrogen (secondary N) is 1. The lowest BCUT2D eigenvalue weighted by Gasteiger charge is -2.20. The van der Waals surface area contributed by atoms with Gasteiger partial charge >= 0.3 is 6.18 Å². The van der Waals surface area contributed by atoms with Crippen LogP contribution in [0.1, 0.15) is 37.3 Å². The molecule has 142 valence electrons. The van der Waals surface area contributed by atoms with Gasteiger partial charge in [0.05, 0.1) is 0 Å². The molecule has 1 atom stereocenters. The molecule has 0 aliphatic carbocycles. The number of aromatic nitrogens is 5. The van der Waals surface area contributed by atoms with Crippen molar-refractivity contribution >= 4 is 5.82 Å². The largest absolute Gasteiger partial charge is 0.433 e. The average Bonchev–Trinajstić information content (AvgIpc) is 3.05. The number of rotatable bonds is 5. The highest BCUT2D eigenvalue weighted by Crippen LogP contribution is 2.32. The molecule has 0 amide bonds. The van der Waals surface area contributed by atoms with Gasteiger partial charge in [0.2, 0.25) is 5.89 Å². The monoisotopic (exact) mass is 378 g/mol. The van der Waals surface area contributed by atoms with E-state index in [4.69, 9.17) is 4.52 Å². The second-order valence-electron chi connectivity index (χ2n) is 6.25. The first-order chi connectivity index (χ1) is 12.7. The van der Waals surface area contributed by atoms with E-state index in [1.165, 1.54) is 12.4 Å². The van der Waals surface area contributed by atoms with Gasteiger partial charge in [-0.25, -0.2) is 9.97 Å². The van der Waals surface area contributed by atoms with Crippen molar-refractivity contribution in [2.45, 2.75) is 33.0 Å². The van der Waals surface area contributed by atoms with Gasteiger partial charge in [-0.15, -0.1) is 0 Å². The topological polar surface area (TPSA) is 89.6 Å². The first-order valence-electron chi connectivity index (χ1n) is 8.17. The highest BCUT2D eigenvalue weighted by molar-refractivity contribution is 5.56. The summed E-state index contributed by atoms with van der Waals surface area (Å²) >= 11 is 0. The van der Waals surface area contributed by atoms with Crippen LogP contribution in [0.4, 0.5) is 19.0 Å². The fraction of sp³-hybridized carbons (Fsp3) is 0.353. The average molecular weight is 378 g/mol. The molecule has 0 saturated heterocycles. The van der Waals surface area contributed by atoms with Crippen molar-refractivity contribution in [2.75, 3.05) is 5.32 Å². The molecule has 10 heteroatoms. The number of pyridine rings is 1. The Morgan fingerprint density at radius 2 is 1.93 bits per heavy atom. The zero-order valence-corrected chi connectivity index (χ0v) is 14.8. The summed E-state index contributed by atoms with van der Waals surface area (Å²) in [5, 5.41) is 6.70. The molecule has 0 aliphatic heterocycles. The molecule has 0 bridgehead atoms. The lowest BCUT2D eigenvalue weighted by atomic mass is 10.0. The van der Waals surface area contributed by atoms with Crippen molar-refractivity contribution in [1.29, 1.82) is 0 Å². The number of nitrogens with zero attached hydrogens (tertiary/aromatic N) is 5. The summed E-state index contributed by atoms with van der Waals surface area (Å²) < 4.78 is 45.1. The van der Waals surface area contributed by atoms with Crippen LogP contribution in [0, 0.1) is 12.8 Å². The number of halogens is 3. The third-order valence-electron chi connectivity index (χ3n) is 3.72. The Hall–Kier alpha value is -3.04. The van der Waals surface area contributed by atoms with Gasteiger partial charge < -0.3 is 9.84 Å². The molecule has 1 unspecified atom stereocenters. The van der Waals surface area contributed by atoms with E-state index in [9.17, 15) is 13.2 Å². The molecule has 7 nitrogen and oxygen atoms in total. The summed E-state index contributed by atoms with van der Waals surface area (Å²) in [6, 6.07) is 3.54. The molecule has 3 aromatic heterocycles. The van der Waals surface area contributed by atoms with E-state index in [2.05, 4.69) is 30.4 Å². The van der Waals surface area contributed by atoms with Crippen molar-refractivity contribution in [3.05, 3.63) is 48.0 Å². The summed E-state index contributed by atoms with van der Waals surface area (Å²) in [6.45, 7) is 5.42. The quantitative estimate of drug-likeness (QED) is 0.716. The number of aryl methyl sites for hydroxylation is 1. The van der Waals surface area contributed by atoms with Crippen LogP contribution in [0.2, 0.25) is 0 Å². The lowest BCUT2D eigenvalue weighted by molar-refractivity contribution is -0.141. The van der Waals surface area contributed by atoms with Gasteiger partial charge in [0, 0.05) is 24.0 Å². The maximum Gasteiger partial charge on any atom is 0.433 e. The van der Waals surface area contributed by atoms with Gasteiger partial charge in [0.25, 0.3) is 0 Å². The first-order valence-corrected chi connectivity index (χ1v) is 8.17. The normalized spacial score (nSPS) is 13.0. The molecule has 3 aromatic rings. The van der Waals surface area contributed by atoms with E-state index in [1.54, 1.807) is 19.1 Å². The highest BCUT2D eigenvalue weighted by atomic mass is 19.4. The minimum absolute atomic E-state index is 0.00531. The molecule has 0 fully saturated rings. The van der Waals surface area contributed by atoms with Crippen LogP contribution in [0.5, 0.6) is 0 Å². The van der Waals surface area contributed by atoms with Crippen molar-refractivity contribution in [1.82, 2.24) is 25.1 Å². The van der Waals surface area contributed by atoms with Crippen LogP contribution in [-0.2, 0) is 6.18 Å². The number of alkyl halides is 3. The Kier molecular flexibility index (Phi) is 5.06. The summed E-state index contributed by atoms with van der Waals surface area (Å²) in [7, 11) is 0. The lowest BCUT2D eigenvalue weighted by Crippen LogP contribution is -2.19. The van der Waals surface area contributed by atoms with Crippen LogP contribution in [0.15, 0.2) is 35.1 Å². The van der Waals surface area contributed by atoms with Crippen LogP contribution in [0.25, 0.3) is 11.4 Å². The van der Waals surface area contributed by atoms with Crippen molar-refractivity contribution in [2.24, 2.45) is 5.92 Å². The van der Waals surface area contributed by atoms with E-state index in [-0.39, 0.29) is 23.5 Å². The standard InChI is InChI=1S/C17H17F3N6O/c1-9(2)14(16-22-10(3)26-27-16)24-13-7-12(17(18,19)20)23-15(25-13)11-5-4-6-21-8-11/h4-9,14H,1-3H3,(H,23,24,25). The number of hydrogen-bond donors (Lipinski definition) is 1. The summed E-state index contributed by atoms with van der Waals surface area (Å²) in [4.78, 5) is 15.9. The van der Waals surface area contributed by atoms with Gasteiger partial charge in [0.1, 0.15) is 11.9 Å². The number of hydrogen-bond acceptors (Lipinski definition) is 7. The second-order valence-corrected chi connectivity index (χ2v) is 6.25. The predicted octanol–water partition coefficient (Wildman–Crippen LogP) is 4.06. The highest BCUT2D eigenvalue weighted by Gasteiger charge is 2.34.